The highest BCUT2D eigenvalue weighted by Gasteiger charge is 2.06. The van der Waals surface area contributed by atoms with Crippen molar-refractivity contribution < 1.29 is 0 Å². The number of aromatic nitrogens is 3. The predicted molar refractivity (Wildman–Crippen MR) is 96.9 cm³/mol. The third-order valence-corrected chi connectivity index (χ3v) is 4.96. The van der Waals surface area contributed by atoms with Crippen molar-refractivity contribution in [3.05, 3.63) is 77.8 Å². The summed E-state index contributed by atoms with van der Waals surface area (Å²) in [6, 6.07) is 16.2. The molecule has 5 heteroatoms. The van der Waals surface area contributed by atoms with Crippen molar-refractivity contribution in [2.24, 2.45) is 0 Å². The fraction of sp³-hybridized carbons (Fsp3) is 0. The van der Waals surface area contributed by atoms with Crippen LogP contribution in [0.5, 0.6) is 0 Å². The number of nitrogens with zero attached hydrogens (tertiary/aromatic N) is 3. The molecule has 4 aromatic rings. The Balaban J connectivity index is 1.63. The van der Waals surface area contributed by atoms with Gasteiger partial charge in [0, 0.05) is 18.1 Å². The fourth-order valence-corrected chi connectivity index (χ4v) is 3.49. The number of benzene rings is 2. The number of halogens is 1. The van der Waals surface area contributed by atoms with Gasteiger partial charge in [0.1, 0.15) is 5.01 Å². The first kappa shape index (κ1) is 14.2. The molecule has 0 saturated carbocycles. The standard InChI is InChI=1S/C18H12ClN3S/c19-15(18-21-16-3-1-2-4-17(16)23-18)11-13-5-7-14(8-6-13)22-10-9-20-12-22/h1-12H/b15-11-. The molecule has 0 aliphatic carbocycles. The van der Waals surface area contributed by atoms with Gasteiger partial charge in [-0.1, -0.05) is 35.9 Å². The van der Waals surface area contributed by atoms with E-state index in [2.05, 4.69) is 16.0 Å². The minimum atomic E-state index is 0.654. The normalized spacial score (nSPS) is 12.0. The maximum atomic E-state index is 6.45. The lowest BCUT2D eigenvalue weighted by atomic mass is 10.2. The van der Waals surface area contributed by atoms with E-state index < -0.39 is 0 Å². The second-order valence-electron chi connectivity index (χ2n) is 5.04. The first-order chi connectivity index (χ1) is 11.3. The summed E-state index contributed by atoms with van der Waals surface area (Å²) in [5.41, 5.74) is 3.09. The molecule has 112 valence electrons. The van der Waals surface area contributed by atoms with Crippen LogP contribution in [0.15, 0.2) is 67.3 Å². The third-order valence-electron chi connectivity index (χ3n) is 3.49. The second-order valence-corrected chi connectivity index (χ2v) is 6.48. The highest BCUT2D eigenvalue weighted by molar-refractivity contribution is 7.20. The minimum Gasteiger partial charge on any atom is -0.306 e. The molecule has 0 amide bonds. The molecule has 23 heavy (non-hydrogen) atoms. The van der Waals surface area contributed by atoms with Crippen molar-refractivity contribution >= 4 is 44.3 Å². The number of para-hydroxylation sites is 1. The Bertz CT molecular complexity index is 936. The maximum Gasteiger partial charge on any atom is 0.136 e. The molecular formula is C18H12ClN3S. The van der Waals surface area contributed by atoms with Gasteiger partial charge in [-0.15, -0.1) is 11.3 Å². The highest BCUT2D eigenvalue weighted by atomic mass is 35.5. The van der Waals surface area contributed by atoms with Gasteiger partial charge >= 0.3 is 0 Å². The minimum absolute atomic E-state index is 0.654. The van der Waals surface area contributed by atoms with Gasteiger partial charge < -0.3 is 4.57 Å². The summed E-state index contributed by atoms with van der Waals surface area (Å²) in [5, 5.41) is 1.49. The Labute approximate surface area is 142 Å². The smallest absolute Gasteiger partial charge is 0.136 e. The summed E-state index contributed by atoms with van der Waals surface area (Å²) in [5.74, 6) is 0. The van der Waals surface area contributed by atoms with E-state index in [1.165, 1.54) is 0 Å². The molecule has 0 unspecified atom stereocenters. The highest BCUT2D eigenvalue weighted by Crippen LogP contribution is 2.30. The quantitative estimate of drug-likeness (QED) is 0.513. The van der Waals surface area contributed by atoms with E-state index in [-0.39, 0.29) is 0 Å². The zero-order chi connectivity index (χ0) is 15.6. The molecule has 2 heterocycles. The lowest BCUT2D eigenvalue weighted by Crippen LogP contribution is -1.89. The van der Waals surface area contributed by atoms with E-state index >= 15 is 0 Å². The maximum absolute atomic E-state index is 6.45. The number of hydrogen-bond acceptors (Lipinski definition) is 3. The molecule has 0 aliphatic heterocycles. The molecule has 2 aromatic heterocycles. The average molecular weight is 338 g/mol. The summed E-state index contributed by atoms with van der Waals surface area (Å²) in [6.45, 7) is 0. The van der Waals surface area contributed by atoms with Crippen LogP contribution in [0.1, 0.15) is 10.6 Å². The molecule has 0 N–H and O–H groups in total. The molecule has 0 saturated heterocycles. The van der Waals surface area contributed by atoms with Crippen LogP contribution in [0, 0.1) is 0 Å². The van der Waals surface area contributed by atoms with Gasteiger partial charge in [0.05, 0.1) is 21.6 Å². The van der Waals surface area contributed by atoms with Crippen LogP contribution < -0.4 is 0 Å². The van der Waals surface area contributed by atoms with Crippen molar-refractivity contribution in [2.75, 3.05) is 0 Å². The predicted octanol–water partition coefficient (Wildman–Crippen LogP) is 5.22. The number of rotatable bonds is 3. The molecule has 0 spiro atoms. The fourth-order valence-electron chi connectivity index (χ4n) is 2.34. The molecule has 2 aromatic carbocycles. The van der Waals surface area contributed by atoms with E-state index in [9.17, 15) is 0 Å². The van der Waals surface area contributed by atoms with E-state index in [1.54, 1.807) is 23.9 Å². The molecule has 3 nitrogen and oxygen atoms in total. The molecule has 4 rings (SSSR count). The van der Waals surface area contributed by atoms with Gasteiger partial charge in [0.2, 0.25) is 0 Å². The molecular weight excluding hydrogens is 326 g/mol. The first-order valence-electron chi connectivity index (χ1n) is 7.11. The van der Waals surface area contributed by atoms with Gasteiger partial charge in [-0.25, -0.2) is 9.97 Å². The summed E-state index contributed by atoms with van der Waals surface area (Å²) in [4.78, 5) is 8.63. The summed E-state index contributed by atoms with van der Waals surface area (Å²) in [7, 11) is 0. The van der Waals surface area contributed by atoms with Crippen molar-refractivity contribution in [3.8, 4) is 5.69 Å². The monoisotopic (exact) mass is 337 g/mol. The summed E-state index contributed by atoms with van der Waals surface area (Å²) < 4.78 is 3.10. The molecule has 0 radical (unpaired) electrons. The zero-order valence-corrected chi connectivity index (χ0v) is 13.6. The van der Waals surface area contributed by atoms with E-state index in [0.29, 0.717) is 5.03 Å². The van der Waals surface area contributed by atoms with Gasteiger partial charge in [0.25, 0.3) is 0 Å². The third kappa shape index (κ3) is 2.91. The lowest BCUT2D eigenvalue weighted by molar-refractivity contribution is 1.06. The Morgan fingerprint density at radius 1 is 1.09 bits per heavy atom. The Hall–Kier alpha value is -2.43. The number of hydrogen-bond donors (Lipinski definition) is 0. The Kier molecular flexibility index (Phi) is 3.69. The van der Waals surface area contributed by atoms with E-state index in [0.717, 1.165) is 26.5 Å². The van der Waals surface area contributed by atoms with Crippen LogP contribution in [-0.4, -0.2) is 14.5 Å². The van der Waals surface area contributed by atoms with Crippen LogP contribution in [0.25, 0.3) is 27.0 Å². The topological polar surface area (TPSA) is 30.7 Å². The van der Waals surface area contributed by atoms with Gasteiger partial charge in [-0.05, 0) is 35.9 Å². The zero-order valence-electron chi connectivity index (χ0n) is 12.1. The first-order valence-corrected chi connectivity index (χ1v) is 8.30. The van der Waals surface area contributed by atoms with Crippen LogP contribution in [0.2, 0.25) is 0 Å². The van der Waals surface area contributed by atoms with Crippen molar-refractivity contribution in [3.63, 3.8) is 0 Å². The Morgan fingerprint density at radius 3 is 2.65 bits per heavy atom. The largest absolute Gasteiger partial charge is 0.306 e. The van der Waals surface area contributed by atoms with Crippen LogP contribution in [-0.2, 0) is 0 Å². The van der Waals surface area contributed by atoms with Crippen LogP contribution in [0.4, 0.5) is 0 Å². The van der Waals surface area contributed by atoms with Crippen LogP contribution in [0.3, 0.4) is 0 Å². The molecule has 0 bridgehead atoms. The number of imidazole rings is 1. The summed E-state index contributed by atoms with van der Waals surface area (Å²) >= 11 is 8.05. The van der Waals surface area contributed by atoms with Gasteiger partial charge in [-0.2, -0.15) is 0 Å². The van der Waals surface area contributed by atoms with E-state index in [4.69, 9.17) is 11.6 Å². The lowest BCUT2D eigenvalue weighted by Gasteiger charge is -2.02. The van der Waals surface area contributed by atoms with Gasteiger partial charge in [-0.3, -0.25) is 0 Å². The van der Waals surface area contributed by atoms with Crippen molar-refractivity contribution in [1.82, 2.24) is 14.5 Å². The molecule has 0 fully saturated rings. The molecule has 0 atom stereocenters. The SMILES string of the molecule is Cl/C(=C\c1ccc(-n2ccnc2)cc1)c1nc2ccccc2s1. The summed E-state index contributed by atoms with van der Waals surface area (Å²) in [6.07, 6.45) is 7.40. The van der Waals surface area contributed by atoms with Crippen molar-refractivity contribution in [1.29, 1.82) is 0 Å². The van der Waals surface area contributed by atoms with Crippen molar-refractivity contribution in [2.45, 2.75) is 0 Å². The Morgan fingerprint density at radius 2 is 1.91 bits per heavy atom. The van der Waals surface area contributed by atoms with E-state index in [1.807, 2.05) is 59.3 Å². The van der Waals surface area contributed by atoms with Crippen LogP contribution >= 0.6 is 22.9 Å². The number of fused-ring (bicyclic) bond motifs is 1. The average Bonchev–Trinajstić information content (AvgIpc) is 3.25. The second kappa shape index (κ2) is 5.99. The number of thiazole rings is 1. The molecule has 0 aliphatic rings. The van der Waals surface area contributed by atoms with Gasteiger partial charge in [0.15, 0.2) is 0 Å².